The van der Waals surface area contributed by atoms with Crippen LogP contribution in [-0.2, 0) is 4.79 Å². The molecule has 0 radical (unpaired) electrons. The van der Waals surface area contributed by atoms with Crippen molar-refractivity contribution in [3.63, 3.8) is 0 Å². The van der Waals surface area contributed by atoms with Gasteiger partial charge in [-0.2, -0.15) is 0 Å². The van der Waals surface area contributed by atoms with E-state index < -0.39 is 16.3 Å². The van der Waals surface area contributed by atoms with Crippen LogP contribution in [0.4, 0.5) is 0 Å². The minimum absolute atomic E-state index is 0.123. The van der Waals surface area contributed by atoms with E-state index in [1.54, 1.807) is 0 Å². The number of hydrogen-bond donors (Lipinski definition) is 1. The topological polar surface area (TPSA) is 32.3 Å². The van der Waals surface area contributed by atoms with E-state index in [1.165, 1.54) is 0 Å². The average molecular weight is 244 g/mol. The lowest BCUT2D eigenvalue weighted by molar-refractivity contribution is -0.129. The van der Waals surface area contributed by atoms with Gasteiger partial charge in [-0.1, -0.05) is 39.3 Å². The maximum absolute atomic E-state index is 12.4. The van der Waals surface area contributed by atoms with Gasteiger partial charge in [-0.05, 0) is 0 Å². The summed E-state index contributed by atoms with van der Waals surface area (Å²) in [7, 11) is -2.89. The van der Waals surface area contributed by atoms with Gasteiger partial charge in [0.05, 0.1) is 13.7 Å². The molecular weight excluding hydrogens is 220 g/mol. The number of piperazine rings is 1. The van der Waals surface area contributed by atoms with Gasteiger partial charge in [0.25, 0.3) is 0 Å². The van der Waals surface area contributed by atoms with Crippen LogP contribution in [0, 0.1) is 0 Å². The Balaban J connectivity index is 2.86. The van der Waals surface area contributed by atoms with Crippen molar-refractivity contribution in [2.24, 2.45) is 0 Å². The molecule has 1 aliphatic heterocycles. The van der Waals surface area contributed by atoms with E-state index in [0.29, 0.717) is 5.91 Å². The number of hydrogen-bond acceptors (Lipinski definition) is 2. The second-order valence-corrected chi connectivity index (χ2v) is 16.6. The van der Waals surface area contributed by atoms with Gasteiger partial charge in [0.15, 0.2) is 8.24 Å². The highest BCUT2D eigenvalue weighted by atomic mass is 28.3. The maximum Gasteiger partial charge on any atom is 0.228 e. The van der Waals surface area contributed by atoms with E-state index in [9.17, 15) is 4.79 Å². The summed E-state index contributed by atoms with van der Waals surface area (Å²) in [6, 6.07) is 0. The van der Waals surface area contributed by atoms with Gasteiger partial charge >= 0.3 is 0 Å². The molecule has 1 atom stereocenters. The quantitative estimate of drug-likeness (QED) is 0.747. The highest BCUT2D eigenvalue weighted by Gasteiger charge is 2.41. The first kappa shape index (κ1) is 12.9. The SMILES string of the molecule is C[Si](C)(C)C1NCCN([Si](C)(C)C)C1=O. The van der Waals surface area contributed by atoms with Gasteiger partial charge < -0.3 is 9.88 Å². The summed E-state index contributed by atoms with van der Waals surface area (Å²) < 4.78 is 2.16. The zero-order chi connectivity index (χ0) is 11.9. The van der Waals surface area contributed by atoms with E-state index in [-0.39, 0.29) is 5.67 Å². The highest BCUT2D eigenvalue weighted by Crippen LogP contribution is 2.18. The van der Waals surface area contributed by atoms with Gasteiger partial charge in [0, 0.05) is 13.1 Å². The molecule has 1 fully saturated rings. The number of rotatable bonds is 2. The largest absolute Gasteiger partial charge is 0.368 e. The smallest absolute Gasteiger partial charge is 0.228 e. The number of carbonyl (C=O) groups is 1. The van der Waals surface area contributed by atoms with Crippen LogP contribution in [0.5, 0.6) is 0 Å². The fraction of sp³-hybridized carbons (Fsp3) is 0.900. The number of amides is 1. The van der Waals surface area contributed by atoms with Crippen LogP contribution < -0.4 is 5.32 Å². The van der Waals surface area contributed by atoms with Crippen LogP contribution in [-0.4, -0.2) is 45.5 Å². The van der Waals surface area contributed by atoms with E-state index in [1.807, 2.05) is 0 Å². The van der Waals surface area contributed by atoms with E-state index in [0.717, 1.165) is 13.1 Å². The van der Waals surface area contributed by atoms with Crippen LogP contribution in [0.1, 0.15) is 0 Å². The molecule has 1 aliphatic rings. The monoisotopic (exact) mass is 244 g/mol. The Kier molecular flexibility index (Phi) is 3.47. The maximum atomic E-state index is 12.4. The molecule has 0 aliphatic carbocycles. The molecule has 0 saturated carbocycles. The summed E-state index contributed by atoms with van der Waals surface area (Å²) in [5, 5.41) is 3.40. The van der Waals surface area contributed by atoms with Crippen LogP contribution in [0.15, 0.2) is 0 Å². The summed E-state index contributed by atoms with van der Waals surface area (Å²) in [5.74, 6) is 0.361. The highest BCUT2D eigenvalue weighted by molar-refractivity contribution is 6.82. The molecule has 3 nitrogen and oxygen atoms in total. The normalized spacial score (nSPS) is 24.5. The van der Waals surface area contributed by atoms with Gasteiger partial charge in [-0.3, -0.25) is 4.79 Å². The lowest BCUT2D eigenvalue weighted by atomic mass is 10.4. The molecule has 15 heavy (non-hydrogen) atoms. The van der Waals surface area contributed by atoms with Crippen molar-refractivity contribution >= 4 is 22.2 Å². The summed E-state index contributed by atoms with van der Waals surface area (Å²) in [5.41, 5.74) is 0.123. The Morgan fingerprint density at radius 1 is 1.20 bits per heavy atom. The molecule has 88 valence electrons. The molecule has 0 spiro atoms. The standard InChI is InChI=1S/C10H24N2OSi2/c1-14(2,3)9-10(13)12(8-7-11-9)15(4,5)6/h9,11H,7-8H2,1-6H3. The first-order chi connectivity index (χ1) is 6.64. The van der Waals surface area contributed by atoms with E-state index in [4.69, 9.17) is 0 Å². The van der Waals surface area contributed by atoms with E-state index >= 15 is 0 Å². The van der Waals surface area contributed by atoms with Crippen molar-refractivity contribution < 1.29 is 4.79 Å². The lowest BCUT2D eigenvalue weighted by Crippen LogP contribution is -2.68. The third-order valence-electron chi connectivity index (χ3n) is 2.87. The molecule has 1 unspecified atom stereocenters. The second kappa shape index (κ2) is 4.03. The summed E-state index contributed by atoms with van der Waals surface area (Å²) >= 11 is 0. The fourth-order valence-corrected chi connectivity index (χ4v) is 5.37. The fourth-order valence-electron chi connectivity index (χ4n) is 2.02. The summed E-state index contributed by atoms with van der Waals surface area (Å²) in [4.78, 5) is 12.4. The number of nitrogens with one attached hydrogen (secondary N) is 1. The van der Waals surface area contributed by atoms with Crippen LogP contribution >= 0.6 is 0 Å². The van der Waals surface area contributed by atoms with Crippen LogP contribution in [0.3, 0.4) is 0 Å². The first-order valence-corrected chi connectivity index (χ1v) is 12.7. The Bertz CT molecular complexity index is 231. The average Bonchev–Trinajstić information content (AvgIpc) is 1.99. The van der Waals surface area contributed by atoms with Crippen molar-refractivity contribution in [3.05, 3.63) is 0 Å². The molecular formula is C10H24N2OSi2. The zero-order valence-electron chi connectivity index (χ0n) is 10.8. The van der Waals surface area contributed by atoms with E-state index in [2.05, 4.69) is 49.2 Å². The van der Waals surface area contributed by atoms with Gasteiger partial charge in [-0.25, -0.2) is 0 Å². The lowest BCUT2D eigenvalue weighted by Gasteiger charge is -2.44. The number of nitrogens with zero attached hydrogens (tertiary/aromatic N) is 1. The Morgan fingerprint density at radius 3 is 2.13 bits per heavy atom. The number of carbonyl (C=O) groups excluding carboxylic acids is 1. The van der Waals surface area contributed by atoms with Crippen molar-refractivity contribution in [1.82, 2.24) is 9.88 Å². The first-order valence-electron chi connectivity index (χ1n) is 5.69. The van der Waals surface area contributed by atoms with Crippen molar-refractivity contribution in [2.45, 2.75) is 44.9 Å². The van der Waals surface area contributed by atoms with Gasteiger partial charge in [-0.15, -0.1) is 0 Å². The van der Waals surface area contributed by atoms with Crippen LogP contribution in [0.25, 0.3) is 0 Å². The second-order valence-electron chi connectivity index (χ2n) is 6.41. The predicted octanol–water partition coefficient (Wildman–Crippen LogP) is 1.50. The Morgan fingerprint density at radius 2 is 1.73 bits per heavy atom. The Hall–Kier alpha value is -0.136. The van der Waals surface area contributed by atoms with Crippen molar-refractivity contribution in [1.29, 1.82) is 0 Å². The molecule has 1 saturated heterocycles. The van der Waals surface area contributed by atoms with Crippen LogP contribution in [0.2, 0.25) is 39.3 Å². The minimum Gasteiger partial charge on any atom is -0.368 e. The minimum atomic E-state index is -1.47. The molecule has 1 N–H and O–H groups in total. The van der Waals surface area contributed by atoms with Gasteiger partial charge in [0.2, 0.25) is 5.91 Å². The molecule has 5 heteroatoms. The predicted molar refractivity (Wildman–Crippen MR) is 70.2 cm³/mol. The third-order valence-corrected chi connectivity index (χ3v) is 7.12. The molecule has 1 rings (SSSR count). The molecule has 0 aromatic heterocycles. The summed E-state index contributed by atoms with van der Waals surface area (Å²) in [6.07, 6.45) is 0. The Labute approximate surface area is 95.3 Å². The van der Waals surface area contributed by atoms with Gasteiger partial charge in [0.1, 0.15) is 0 Å². The van der Waals surface area contributed by atoms with Crippen molar-refractivity contribution in [2.75, 3.05) is 13.1 Å². The molecule has 0 bridgehead atoms. The zero-order valence-corrected chi connectivity index (χ0v) is 12.8. The summed E-state index contributed by atoms with van der Waals surface area (Å²) in [6.45, 7) is 15.4. The molecule has 0 aromatic rings. The third kappa shape index (κ3) is 2.92. The molecule has 0 aromatic carbocycles. The molecule has 1 heterocycles. The molecule has 1 amide bonds. The van der Waals surface area contributed by atoms with Crippen molar-refractivity contribution in [3.8, 4) is 0 Å².